The SMILES string of the molecule is Cc1cc(N2CCC[C@@H](N3CCN(S(=O)(=O)C4CC4)CC3)C2=O)n(C)n1. The standard InChI is InChI=1S/C17H27N5O3S/c1-13-12-16(19(2)18-13)22-7-3-4-15(17(22)23)20-8-10-21(11-9-20)26(24,25)14-5-6-14/h12,14-15H,3-11H2,1-2H3/t15-/m1/s1. The maximum absolute atomic E-state index is 13.1. The minimum atomic E-state index is -3.11. The van der Waals surface area contributed by atoms with E-state index in [1.54, 1.807) is 8.99 Å². The Hall–Kier alpha value is -1.45. The lowest BCUT2D eigenvalue weighted by atomic mass is 10.0. The summed E-state index contributed by atoms with van der Waals surface area (Å²) in [5.41, 5.74) is 0.899. The van der Waals surface area contributed by atoms with E-state index >= 15 is 0 Å². The molecule has 9 heteroatoms. The van der Waals surface area contributed by atoms with Crippen LogP contribution in [-0.4, -0.2) is 77.3 Å². The summed E-state index contributed by atoms with van der Waals surface area (Å²) in [7, 11) is -1.25. The summed E-state index contributed by atoms with van der Waals surface area (Å²) in [4.78, 5) is 17.1. The number of aryl methyl sites for hydroxylation is 2. The van der Waals surface area contributed by atoms with Gasteiger partial charge in [-0.25, -0.2) is 8.42 Å². The van der Waals surface area contributed by atoms with Crippen LogP contribution in [0.25, 0.3) is 0 Å². The molecule has 8 nitrogen and oxygen atoms in total. The number of carbonyl (C=O) groups is 1. The van der Waals surface area contributed by atoms with Gasteiger partial charge >= 0.3 is 0 Å². The lowest BCUT2D eigenvalue weighted by Gasteiger charge is -2.42. The van der Waals surface area contributed by atoms with Gasteiger partial charge in [-0.1, -0.05) is 0 Å². The second kappa shape index (κ2) is 6.61. The number of sulfonamides is 1. The zero-order valence-corrected chi connectivity index (χ0v) is 16.3. The Balaban J connectivity index is 1.43. The Bertz CT molecular complexity index is 793. The van der Waals surface area contributed by atoms with Gasteiger partial charge in [0.2, 0.25) is 15.9 Å². The molecule has 1 saturated carbocycles. The van der Waals surface area contributed by atoms with Crippen molar-refractivity contribution in [1.82, 2.24) is 19.0 Å². The lowest BCUT2D eigenvalue weighted by Crippen LogP contribution is -2.58. The van der Waals surface area contributed by atoms with E-state index in [0.717, 1.165) is 37.2 Å². The third kappa shape index (κ3) is 3.16. The van der Waals surface area contributed by atoms with E-state index in [1.807, 2.05) is 24.9 Å². The molecule has 1 aromatic heterocycles. The number of hydrogen-bond acceptors (Lipinski definition) is 5. The van der Waals surface area contributed by atoms with Gasteiger partial charge in [-0.3, -0.25) is 19.3 Å². The molecule has 1 atom stereocenters. The maximum Gasteiger partial charge on any atom is 0.245 e. The third-order valence-corrected chi connectivity index (χ3v) is 8.08. The highest BCUT2D eigenvalue weighted by Gasteiger charge is 2.43. The fraction of sp³-hybridized carbons (Fsp3) is 0.765. The molecule has 1 aliphatic carbocycles. The third-order valence-electron chi connectivity index (χ3n) is 5.68. The fourth-order valence-corrected chi connectivity index (χ4v) is 5.94. The topological polar surface area (TPSA) is 78.8 Å². The van der Waals surface area contributed by atoms with Crippen molar-refractivity contribution in [3.05, 3.63) is 11.8 Å². The van der Waals surface area contributed by atoms with Gasteiger partial charge in [-0.05, 0) is 32.6 Å². The Morgan fingerprint density at radius 2 is 1.77 bits per heavy atom. The van der Waals surface area contributed by atoms with E-state index in [4.69, 9.17) is 0 Å². The van der Waals surface area contributed by atoms with E-state index < -0.39 is 10.0 Å². The maximum atomic E-state index is 13.1. The zero-order chi connectivity index (χ0) is 18.5. The highest BCUT2D eigenvalue weighted by Crippen LogP contribution is 2.32. The van der Waals surface area contributed by atoms with Crippen molar-refractivity contribution >= 4 is 21.7 Å². The number of piperidine rings is 1. The van der Waals surface area contributed by atoms with Crippen molar-refractivity contribution in [2.45, 2.75) is 43.9 Å². The minimum Gasteiger partial charge on any atom is -0.296 e. The van der Waals surface area contributed by atoms with Crippen molar-refractivity contribution in [1.29, 1.82) is 0 Å². The molecule has 2 aliphatic heterocycles. The van der Waals surface area contributed by atoms with E-state index in [0.29, 0.717) is 32.7 Å². The second-order valence-electron chi connectivity index (χ2n) is 7.59. The number of aromatic nitrogens is 2. The summed E-state index contributed by atoms with van der Waals surface area (Å²) < 4.78 is 28.2. The van der Waals surface area contributed by atoms with Gasteiger partial charge in [0.1, 0.15) is 5.82 Å². The van der Waals surface area contributed by atoms with Gasteiger partial charge in [0.05, 0.1) is 17.0 Å². The number of hydrogen-bond donors (Lipinski definition) is 0. The molecule has 0 bridgehead atoms. The van der Waals surface area contributed by atoms with E-state index in [1.165, 1.54) is 0 Å². The molecule has 1 aromatic rings. The predicted octanol–water partition coefficient (Wildman–Crippen LogP) is 0.334. The van der Waals surface area contributed by atoms with Gasteiger partial charge < -0.3 is 0 Å². The molecular formula is C17H27N5O3S. The molecule has 144 valence electrons. The highest BCUT2D eigenvalue weighted by molar-refractivity contribution is 7.90. The first-order valence-corrected chi connectivity index (χ1v) is 10.9. The van der Waals surface area contributed by atoms with Gasteiger partial charge in [0.15, 0.2) is 0 Å². The normalized spacial score (nSPS) is 26.5. The van der Waals surface area contributed by atoms with Crippen LogP contribution in [0.3, 0.4) is 0 Å². The van der Waals surface area contributed by atoms with E-state index in [9.17, 15) is 13.2 Å². The average Bonchev–Trinajstić information content (AvgIpc) is 3.41. The molecule has 0 unspecified atom stereocenters. The monoisotopic (exact) mass is 381 g/mol. The van der Waals surface area contributed by atoms with Gasteiger partial charge in [0.25, 0.3) is 0 Å². The number of rotatable bonds is 4. The van der Waals surface area contributed by atoms with Crippen LogP contribution in [0.15, 0.2) is 6.07 Å². The molecule has 1 amide bonds. The van der Waals surface area contributed by atoms with Gasteiger partial charge in [-0.2, -0.15) is 9.40 Å². The fourth-order valence-electron chi connectivity index (χ4n) is 4.12. The Morgan fingerprint density at radius 1 is 1.08 bits per heavy atom. The summed E-state index contributed by atoms with van der Waals surface area (Å²) in [5, 5.41) is 4.20. The molecular weight excluding hydrogens is 354 g/mol. The molecule has 0 radical (unpaired) electrons. The number of nitrogens with zero attached hydrogens (tertiary/aromatic N) is 5. The van der Waals surface area contributed by atoms with Crippen LogP contribution in [0.4, 0.5) is 5.82 Å². The summed E-state index contributed by atoms with van der Waals surface area (Å²) in [5.74, 6) is 0.949. The van der Waals surface area contributed by atoms with Crippen LogP contribution >= 0.6 is 0 Å². The van der Waals surface area contributed by atoms with Gasteiger partial charge in [-0.15, -0.1) is 0 Å². The molecule has 26 heavy (non-hydrogen) atoms. The molecule has 3 heterocycles. The quantitative estimate of drug-likeness (QED) is 0.751. The largest absolute Gasteiger partial charge is 0.296 e. The van der Waals surface area contributed by atoms with Crippen molar-refractivity contribution in [3.8, 4) is 0 Å². The number of carbonyl (C=O) groups excluding carboxylic acids is 1. The van der Waals surface area contributed by atoms with Crippen LogP contribution in [0.1, 0.15) is 31.4 Å². The first kappa shape index (κ1) is 17.9. The summed E-state index contributed by atoms with van der Waals surface area (Å²) in [6.07, 6.45) is 3.37. The summed E-state index contributed by atoms with van der Waals surface area (Å²) >= 11 is 0. The summed E-state index contributed by atoms with van der Waals surface area (Å²) in [6.45, 7) is 4.88. The molecule has 0 spiro atoms. The molecule has 3 aliphatic rings. The Morgan fingerprint density at radius 3 is 2.35 bits per heavy atom. The Labute approximate surface area is 154 Å². The first-order chi connectivity index (χ1) is 12.4. The van der Waals surface area contributed by atoms with E-state index in [2.05, 4.69) is 10.00 Å². The zero-order valence-electron chi connectivity index (χ0n) is 15.5. The van der Waals surface area contributed by atoms with Crippen LogP contribution in [0, 0.1) is 6.92 Å². The molecule has 2 saturated heterocycles. The first-order valence-electron chi connectivity index (χ1n) is 9.43. The number of amides is 1. The summed E-state index contributed by atoms with van der Waals surface area (Å²) in [6, 6.07) is 1.78. The highest BCUT2D eigenvalue weighted by atomic mass is 32.2. The molecule has 3 fully saturated rings. The van der Waals surface area contributed by atoms with Crippen LogP contribution in [0.2, 0.25) is 0 Å². The average molecular weight is 382 g/mol. The van der Waals surface area contributed by atoms with Crippen LogP contribution in [0.5, 0.6) is 0 Å². The van der Waals surface area contributed by atoms with Crippen LogP contribution < -0.4 is 4.90 Å². The van der Waals surface area contributed by atoms with Crippen molar-refractivity contribution in [2.75, 3.05) is 37.6 Å². The predicted molar refractivity (Wildman–Crippen MR) is 98.4 cm³/mol. The molecule has 0 aromatic carbocycles. The number of anilines is 1. The Kier molecular flexibility index (Phi) is 4.56. The smallest absolute Gasteiger partial charge is 0.245 e. The minimum absolute atomic E-state index is 0.109. The van der Waals surface area contributed by atoms with Crippen molar-refractivity contribution in [2.24, 2.45) is 7.05 Å². The van der Waals surface area contributed by atoms with Crippen molar-refractivity contribution < 1.29 is 13.2 Å². The van der Waals surface area contributed by atoms with E-state index in [-0.39, 0.29) is 17.2 Å². The number of piperazine rings is 1. The van der Waals surface area contributed by atoms with Crippen LogP contribution in [-0.2, 0) is 21.9 Å². The van der Waals surface area contributed by atoms with Gasteiger partial charge in [0, 0.05) is 45.8 Å². The molecule has 4 rings (SSSR count). The molecule has 0 N–H and O–H groups in total. The van der Waals surface area contributed by atoms with Crippen molar-refractivity contribution in [3.63, 3.8) is 0 Å². The second-order valence-corrected chi connectivity index (χ2v) is 9.81. The lowest BCUT2D eigenvalue weighted by molar-refractivity contribution is -0.126.